The van der Waals surface area contributed by atoms with Gasteiger partial charge in [0, 0.05) is 12.2 Å². The minimum Gasteiger partial charge on any atom is -0.495 e. The van der Waals surface area contributed by atoms with E-state index in [1.165, 1.54) is 0 Å². The molecule has 0 spiro atoms. The summed E-state index contributed by atoms with van der Waals surface area (Å²) in [7, 11) is 1.54. The highest BCUT2D eigenvalue weighted by molar-refractivity contribution is 5.93. The number of hydrogen-bond acceptors (Lipinski definition) is 4. The molecule has 0 saturated carbocycles. The Morgan fingerprint density at radius 2 is 2.26 bits per heavy atom. The molecule has 0 bridgehead atoms. The Balaban J connectivity index is 2.86. The topological polar surface area (TPSA) is 73.6 Å². The van der Waals surface area contributed by atoms with Crippen molar-refractivity contribution in [1.29, 1.82) is 0 Å². The van der Waals surface area contributed by atoms with Crippen LogP contribution in [0, 0.1) is 11.8 Å². The van der Waals surface area contributed by atoms with Crippen LogP contribution in [0.3, 0.4) is 0 Å². The number of amides is 1. The van der Waals surface area contributed by atoms with E-state index in [0.29, 0.717) is 18.0 Å². The number of ether oxygens (including phenoxy) is 2. The summed E-state index contributed by atoms with van der Waals surface area (Å²) in [4.78, 5) is 11.6. The maximum atomic E-state index is 11.6. The predicted molar refractivity (Wildman–Crippen MR) is 74.0 cm³/mol. The molecule has 19 heavy (non-hydrogen) atoms. The molecule has 1 aromatic rings. The van der Waals surface area contributed by atoms with E-state index >= 15 is 0 Å². The largest absolute Gasteiger partial charge is 0.495 e. The van der Waals surface area contributed by atoms with Crippen molar-refractivity contribution >= 4 is 11.6 Å². The molecule has 0 heterocycles. The van der Waals surface area contributed by atoms with Gasteiger partial charge in [0.25, 0.3) is 0 Å². The zero-order valence-electron chi connectivity index (χ0n) is 11.2. The van der Waals surface area contributed by atoms with Crippen molar-refractivity contribution in [3.8, 4) is 17.6 Å². The minimum absolute atomic E-state index is 0.0123. The molecule has 1 aromatic carbocycles. The first-order valence-corrected chi connectivity index (χ1v) is 5.95. The van der Waals surface area contributed by atoms with Gasteiger partial charge in [0.2, 0.25) is 5.91 Å². The van der Waals surface area contributed by atoms with Crippen LogP contribution in [0.4, 0.5) is 5.69 Å². The van der Waals surface area contributed by atoms with E-state index in [0.717, 1.165) is 5.56 Å². The van der Waals surface area contributed by atoms with Crippen LogP contribution in [-0.2, 0) is 9.53 Å². The maximum absolute atomic E-state index is 11.6. The van der Waals surface area contributed by atoms with Crippen molar-refractivity contribution in [3.63, 3.8) is 0 Å². The summed E-state index contributed by atoms with van der Waals surface area (Å²) >= 11 is 0. The summed E-state index contributed by atoms with van der Waals surface area (Å²) in [5.74, 6) is 6.00. The van der Waals surface area contributed by atoms with Gasteiger partial charge in [-0.2, -0.15) is 0 Å². The monoisotopic (exact) mass is 262 g/mol. The third-order valence-electron chi connectivity index (χ3n) is 2.25. The first-order valence-electron chi connectivity index (χ1n) is 5.95. The standard InChI is InChI=1S/C14H18N2O3/c1-3-19-10-14(17)16-12-9-11(5-4-8-15)6-7-13(12)18-2/h6-7,9H,3,8,10,15H2,1-2H3,(H,16,17). The number of hydrogen-bond donors (Lipinski definition) is 2. The summed E-state index contributed by atoms with van der Waals surface area (Å²) < 4.78 is 10.2. The predicted octanol–water partition coefficient (Wildman–Crippen LogP) is 0.980. The molecule has 5 nitrogen and oxygen atoms in total. The number of nitrogens with one attached hydrogen (secondary N) is 1. The zero-order chi connectivity index (χ0) is 14.1. The summed E-state index contributed by atoms with van der Waals surface area (Å²) in [6, 6.07) is 5.29. The molecule has 0 aliphatic heterocycles. The van der Waals surface area contributed by atoms with Crippen LogP contribution in [0.1, 0.15) is 12.5 Å². The van der Waals surface area contributed by atoms with Crippen LogP contribution < -0.4 is 15.8 Å². The fraction of sp³-hybridized carbons (Fsp3) is 0.357. The molecule has 0 saturated heterocycles. The lowest BCUT2D eigenvalue weighted by molar-refractivity contribution is -0.120. The summed E-state index contributed by atoms with van der Waals surface area (Å²) in [5, 5.41) is 2.73. The second kappa shape index (κ2) is 8.14. The number of nitrogens with two attached hydrogens (primary N) is 1. The van der Waals surface area contributed by atoms with Gasteiger partial charge in [-0.1, -0.05) is 11.8 Å². The van der Waals surface area contributed by atoms with Crippen molar-refractivity contribution in [2.75, 3.05) is 32.2 Å². The van der Waals surface area contributed by atoms with E-state index in [4.69, 9.17) is 15.2 Å². The maximum Gasteiger partial charge on any atom is 0.250 e. The minimum atomic E-state index is -0.232. The highest BCUT2D eigenvalue weighted by atomic mass is 16.5. The summed E-state index contributed by atoms with van der Waals surface area (Å²) in [6.07, 6.45) is 0. The van der Waals surface area contributed by atoms with Gasteiger partial charge in [0.15, 0.2) is 0 Å². The molecule has 0 atom stereocenters. The normalized spacial score (nSPS) is 9.42. The molecule has 0 aromatic heterocycles. The van der Waals surface area contributed by atoms with Gasteiger partial charge in [-0.25, -0.2) is 0 Å². The molecule has 1 amide bonds. The van der Waals surface area contributed by atoms with E-state index in [-0.39, 0.29) is 19.1 Å². The Kier molecular flexibility index (Phi) is 6.44. The van der Waals surface area contributed by atoms with Crippen molar-refractivity contribution in [2.45, 2.75) is 6.92 Å². The third kappa shape index (κ3) is 5.00. The molecule has 0 unspecified atom stereocenters. The molecule has 0 radical (unpaired) electrons. The van der Waals surface area contributed by atoms with Crippen LogP contribution in [0.25, 0.3) is 0 Å². The molecular formula is C14H18N2O3. The quantitative estimate of drug-likeness (QED) is 0.776. The zero-order valence-corrected chi connectivity index (χ0v) is 11.2. The van der Waals surface area contributed by atoms with E-state index in [1.807, 2.05) is 6.92 Å². The first-order chi connectivity index (χ1) is 9.21. The van der Waals surface area contributed by atoms with Crippen molar-refractivity contribution in [1.82, 2.24) is 0 Å². The van der Waals surface area contributed by atoms with Gasteiger partial charge < -0.3 is 20.5 Å². The molecule has 1 rings (SSSR count). The first kappa shape index (κ1) is 15.0. The number of benzene rings is 1. The van der Waals surface area contributed by atoms with Gasteiger partial charge >= 0.3 is 0 Å². The van der Waals surface area contributed by atoms with Crippen LogP contribution in [-0.4, -0.2) is 32.8 Å². The third-order valence-corrected chi connectivity index (χ3v) is 2.25. The van der Waals surface area contributed by atoms with E-state index < -0.39 is 0 Å². The molecule has 5 heteroatoms. The lowest BCUT2D eigenvalue weighted by Crippen LogP contribution is -2.18. The van der Waals surface area contributed by atoms with E-state index in [2.05, 4.69) is 17.2 Å². The van der Waals surface area contributed by atoms with E-state index in [1.54, 1.807) is 25.3 Å². The average Bonchev–Trinajstić information content (AvgIpc) is 2.43. The number of carbonyl (C=O) groups excluding carboxylic acids is 1. The molecule has 0 aliphatic carbocycles. The second-order valence-corrected chi connectivity index (χ2v) is 3.61. The SMILES string of the molecule is CCOCC(=O)Nc1cc(C#CCN)ccc1OC. The molecule has 0 aliphatic rings. The molecular weight excluding hydrogens is 244 g/mol. The molecule has 3 N–H and O–H groups in total. The van der Waals surface area contributed by atoms with Crippen molar-refractivity contribution in [2.24, 2.45) is 5.73 Å². The number of rotatable bonds is 5. The Hall–Kier alpha value is -2.03. The van der Waals surface area contributed by atoms with Gasteiger partial charge in [-0.3, -0.25) is 4.79 Å². The van der Waals surface area contributed by atoms with Crippen LogP contribution in [0.5, 0.6) is 5.75 Å². The highest BCUT2D eigenvalue weighted by Crippen LogP contribution is 2.25. The fourth-order valence-electron chi connectivity index (χ4n) is 1.42. The van der Waals surface area contributed by atoms with E-state index in [9.17, 15) is 4.79 Å². The van der Waals surface area contributed by atoms with Gasteiger partial charge in [-0.05, 0) is 25.1 Å². The Morgan fingerprint density at radius 1 is 1.47 bits per heavy atom. The van der Waals surface area contributed by atoms with Gasteiger partial charge in [-0.15, -0.1) is 0 Å². The summed E-state index contributed by atoms with van der Waals surface area (Å²) in [6.45, 7) is 2.62. The smallest absolute Gasteiger partial charge is 0.250 e. The molecule has 0 fully saturated rings. The Labute approximate surface area is 113 Å². The lowest BCUT2D eigenvalue weighted by Gasteiger charge is -2.10. The Bertz CT molecular complexity index is 489. The number of carbonyl (C=O) groups is 1. The number of methoxy groups -OCH3 is 1. The van der Waals surface area contributed by atoms with Gasteiger partial charge in [0.05, 0.1) is 19.3 Å². The number of anilines is 1. The highest BCUT2D eigenvalue weighted by Gasteiger charge is 2.08. The Morgan fingerprint density at radius 3 is 2.89 bits per heavy atom. The molecule has 102 valence electrons. The second-order valence-electron chi connectivity index (χ2n) is 3.61. The van der Waals surface area contributed by atoms with Gasteiger partial charge in [0.1, 0.15) is 12.4 Å². The van der Waals surface area contributed by atoms with Crippen molar-refractivity contribution < 1.29 is 14.3 Å². The average molecular weight is 262 g/mol. The van der Waals surface area contributed by atoms with Crippen LogP contribution >= 0.6 is 0 Å². The van der Waals surface area contributed by atoms with Crippen molar-refractivity contribution in [3.05, 3.63) is 23.8 Å². The lowest BCUT2D eigenvalue weighted by atomic mass is 10.2. The van der Waals surface area contributed by atoms with Crippen LogP contribution in [0.15, 0.2) is 18.2 Å². The summed E-state index contributed by atoms with van der Waals surface area (Å²) in [5.41, 5.74) is 6.65. The van der Waals surface area contributed by atoms with Crippen LogP contribution in [0.2, 0.25) is 0 Å². The fourth-order valence-corrected chi connectivity index (χ4v) is 1.42.